The number of thioether (sulfide) groups is 1. The first-order chi connectivity index (χ1) is 20.9. The molecule has 1 aromatic heterocycles. The van der Waals surface area contributed by atoms with Crippen molar-refractivity contribution >= 4 is 46.2 Å². The lowest BCUT2D eigenvalue weighted by Gasteiger charge is -2.16. The number of alkyl carbamates (subject to hydrolysis) is 1. The Balaban J connectivity index is 1.23. The summed E-state index contributed by atoms with van der Waals surface area (Å²) in [5, 5.41) is 5.05. The van der Waals surface area contributed by atoms with Crippen LogP contribution in [0.1, 0.15) is 29.0 Å². The molecule has 0 saturated carbocycles. The molecule has 2 heterocycles. The fourth-order valence-electron chi connectivity index (χ4n) is 4.13. The van der Waals surface area contributed by atoms with E-state index in [9.17, 15) is 18.8 Å². The number of benzene rings is 3. The second kappa shape index (κ2) is 13.7. The number of rotatable bonds is 9. The van der Waals surface area contributed by atoms with E-state index < -0.39 is 29.1 Å². The molecule has 1 unspecified atom stereocenters. The summed E-state index contributed by atoms with van der Waals surface area (Å²) >= 11 is 1.24. The third-order valence-corrected chi connectivity index (χ3v) is 7.57. The second-order valence-corrected chi connectivity index (χ2v) is 10.6. The lowest BCUT2D eigenvalue weighted by atomic mass is 10.1. The highest BCUT2D eigenvalue weighted by Gasteiger charge is 2.39. The van der Waals surface area contributed by atoms with Crippen molar-refractivity contribution < 1.29 is 23.5 Å². The zero-order valence-electron chi connectivity index (χ0n) is 23.0. The van der Waals surface area contributed by atoms with Crippen LogP contribution in [0.2, 0.25) is 0 Å². The van der Waals surface area contributed by atoms with Crippen molar-refractivity contribution in [2.75, 3.05) is 5.32 Å². The molecule has 43 heavy (non-hydrogen) atoms. The van der Waals surface area contributed by atoms with Gasteiger partial charge in [0, 0.05) is 18.1 Å². The van der Waals surface area contributed by atoms with Crippen LogP contribution in [0.5, 0.6) is 0 Å². The van der Waals surface area contributed by atoms with Crippen molar-refractivity contribution in [1.29, 1.82) is 0 Å². The Morgan fingerprint density at radius 1 is 1.07 bits per heavy atom. The number of hydrogen-bond donors (Lipinski definition) is 2. The third kappa shape index (κ3) is 7.80. The zero-order chi connectivity index (χ0) is 30.2. The number of nitrogens with zero attached hydrogens (tertiary/aromatic N) is 4. The quantitative estimate of drug-likeness (QED) is 0.265. The smallest absolute Gasteiger partial charge is 0.408 e. The van der Waals surface area contributed by atoms with Crippen LogP contribution in [-0.4, -0.2) is 44.0 Å². The van der Waals surface area contributed by atoms with E-state index in [2.05, 4.69) is 25.6 Å². The molecule has 2 N–H and O–H groups in total. The highest BCUT2D eigenvalue weighted by atomic mass is 32.2. The van der Waals surface area contributed by atoms with Gasteiger partial charge in [0.25, 0.3) is 0 Å². The standard InChI is InChI=1S/C31H27FN6O4S/c1-20(35-31(41)42-19-21-6-3-2-4-7-21)28(39)36-24-12-10-22(11-13-24)27-29(40)38(18-26-17-33-14-15-34-26)30(43-27)37-25-9-5-8-23(32)16-25/h2-17,20,27H,18-19H2,1H3,(H,35,41)(H,36,39)/t20-,27?/m0/s1. The lowest BCUT2D eigenvalue weighted by Crippen LogP contribution is -2.41. The van der Waals surface area contributed by atoms with Crippen molar-refractivity contribution in [1.82, 2.24) is 20.2 Å². The van der Waals surface area contributed by atoms with Gasteiger partial charge in [0.05, 0.1) is 24.1 Å². The molecule has 12 heteroatoms. The molecular weight excluding hydrogens is 571 g/mol. The predicted molar refractivity (Wildman–Crippen MR) is 161 cm³/mol. The maximum Gasteiger partial charge on any atom is 0.408 e. The van der Waals surface area contributed by atoms with E-state index in [0.717, 1.165) is 5.56 Å². The maximum absolute atomic E-state index is 13.8. The summed E-state index contributed by atoms with van der Waals surface area (Å²) in [6, 6.07) is 21.0. The van der Waals surface area contributed by atoms with E-state index in [1.165, 1.54) is 28.8 Å². The average molecular weight is 599 g/mol. The number of aliphatic imine (C=N–C) groups is 1. The van der Waals surface area contributed by atoms with E-state index in [0.29, 0.717) is 27.8 Å². The van der Waals surface area contributed by atoms with Gasteiger partial charge >= 0.3 is 6.09 Å². The van der Waals surface area contributed by atoms with E-state index in [1.54, 1.807) is 61.9 Å². The van der Waals surface area contributed by atoms with Crippen LogP contribution in [-0.2, 0) is 27.5 Å². The number of aromatic nitrogens is 2. The summed E-state index contributed by atoms with van der Waals surface area (Å²) in [6.45, 7) is 1.79. The van der Waals surface area contributed by atoms with E-state index in [1.807, 2.05) is 30.3 Å². The Labute approximate surface area is 251 Å². The van der Waals surface area contributed by atoms with Crippen LogP contribution in [0, 0.1) is 5.82 Å². The molecule has 10 nitrogen and oxygen atoms in total. The minimum Gasteiger partial charge on any atom is -0.445 e. The van der Waals surface area contributed by atoms with Gasteiger partial charge in [-0.25, -0.2) is 14.2 Å². The van der Waals surface area contributed by atoms with Crippen LogP contribution in [0.25, 0.3) is 0 Å². The minimum atomic E-state index is -0.855. The highest BCUT2D eigenvalue weighted by molar-refractivity contribution is 8.15. The average Bonchev–Trinajstić information content (AvgIpc) is 3.31. The van der Waals surface area contributed by atoms with Gasteiger partial charge in [0.1, 0.15) is 23.7 Å². The van der Waals surface area contributed by atoms with Crippen molar-refractivity contribution in [2.24, 2.45) is 4.99 Å². The first-order valence-corrected chi connectivity index (χ1v) is 14.2. The van der Waals surface area contributed by atoms with Gasteiger partial charge in [-0.3, -0.25) is 24.5 Å². The third-order valence-electron chi connectivity index (χ3n) is 6.34. The van der Waals surface area contributed by atoms with Crippen LogP contribution < -0.4 is 10.6 Å². The van der Waals surface area contributed by atoms with E-state index in [-0.39, 0.29) is 19.1 Å². The molecule has 0 aliphatic carbocycles. The molecule has 1 fully saturated rings. The molecule has 4 aromatic rings. The van der Waals surface area contributed by atoms with Crippen LogP contribution in [0.15, 0.2) is 102 Å². The Morgan fingerprint density at radius 2 is 1.86 bits per heavy atom. The number of amides is 3. The molecular formula is C31H27FN6O4S. The van der Waals surface area contributed by atoms with Gasteiger partial charge in [-0.05, 0) is 48.4 Å². The molecule has 3 amide bonds. The number of carbonyl (C=O) groups excluding carboxylic acids is 3. The summed E-state index contributed by atoms with van der Waals surface area (Å²) in [5.74, 6) is -1.08. The first-order valence-electron chi connectivity index (χ1n) is 13.3. The zero-order valence-corrected chi connectivity index (χ0v) is 23.8. The molecule has 218 valence electrons. The van der Waals surface area contributed by atoms with Crippen LogP contribution in [0.3, 0.4) is 0 Å². The summed E-state index contributed by atoms with van der Waals surface area (Å²) in [7, 11) is 0. The van der Waals surface area contributed by atoms with Gasteiger partial charge in [-0.2, -0.15) is 0 Å². The SMILES string of the molecule is C[C@H](NC(=O)OCc1ccccc1)C(=O)Nc1ccc(C2SC(=Nc3cccc(F)c3)N(Cc3cnccn3)C2=O)cc1. The van der Waals surface area contributed by atoms with Gasteiger partial charge in [-0.15, -0.1) is 0 Å². The summed E-state index contributed by atoms with van der Waals surface area (Å²) in [6.07, 6.45) is 3.95. The molecule has 1 aliphatic rings. The van der Waals surface area contributed by atoms with Gasteiger partial charge < -0.3 is 15.4 Å². The second-order valence-electron chi connectivity index (χ2n) is 9.53. The van der Waals surface area contributed by atoms with Crippen molar-refractivity contribution in [3.8, 4) is 0 Å². The number of carbonyl (C=O) groups is 3. The van der Waals surface area contributed by atoms with E-state index in [4.69, 9.17) is 4.74 Å². The summed E-state index contributed by atoms with van der Waals surface area (Å²) < 4.78 is 19.0. The molecule has 5 rings (SSSR count). The fraction of sp³-hybridized carbons (Fsp3) is 0.161. The Kier molecular flexibility index (Phi) is 9.37. The van der Waals surface area contributed by atoms with Crippen molar-refractivity contribution in [3.63, 3.8) is 0 Å². The molecule has 0 bridgehead atoms. The Bertz CT molecular complexity index is 1620. The Morgan fingerprint density at radius 3 is 2.58 bits per heavy atom. The van der Waals surface area contributed by atoms with E-state index >= 15 is 0 Å². The number of amidine groups is 1. The molecule has 2 atom stereocenters. The summed E-state index contributed by atoms with van der Waals surface area (Å²) in [4.78, 5) is 52.7. The molecule has 0 spiro atoms. The molecule has 1 aliphatic heterocycles. The van der Waals surface area contributed by atoms with Gasteiger partial charge in [-0.1, -0.05) is 60.3 Å². The number of halogens is 1. The normalized spacial score (nSPS) is 16.1. The number of hydrogen-bond acceptors (Lipinski definition) is 8. The Hall–Kier alpha value is -5.10. The van der Waals surface area contributed by atoms with Gasteiger partial charge in [0.15, 0.2) is 5.17 Å². The molecule has 1 saturated heterocycles. The van der Waals surface area contributed by atoms with Crippen molar-refractivity contribution in [3.05, 3.63) is 120 Å². The monoisotopic (exact) mass is 598 g/mol. The number of nitrogens with one attached hydrogen (secondary N) is 2. The topological polar surface area (TPSA) is 126 Å². The predicted octanol–water partition coefficient (Wildman–Crippen LogP) is 5.37. The summed E-state index contributed by atoms with van der Waals surface area (Å²) in [5.41, 5.74) is 2.97. The van der Waals surface area contributed by atoms with Crippen LogP contribution >= 0.6 is 11.8 Å². The molecule has 0 radical (unpaired) electrons. The first kappa shape index (κ1) is 29.4. The van der Waals surface area contributed by atoms with Crippen molar-refractivity contribution in [2.45, 2.75) is 31.4 Å². The largest absolute Gasteiger partial charge is 0.445 e. The number of anilines is 1. The lowest BCUT2D eigenvalue weighted by molar-refractivity contribution is -0.126. The minimum absolute atomic E-state index is 0.0885. The van der Waals surface area contributed by atoms with Crippen LogP contribution in [0.4, 0.5) is 20.6 Å². The number of ether oxygens (including phenoxy) is 1. The molecule has 3 aromatic carbocycles. The maximum atomic E-state index is 13.8. The fourth-order valence-corrected chi connectivity index (χ4v) is 5.30. The highest BCUT2D eigenvalue weighted by Crippen LogP contribution is 2.41. The van der Waals surface area contributed by atoms with Gasteiger partial charge in [0.2, 0.25) is 11.8 Å².